The summed E-state index contributed by atoms with van der Waals surface area (Å²) in [7, 11) is 0. The maximum atomic E-state index is 6.57. The normalized spacial score (nSPS) is 43.2. The second-order valence-electron chi connectivity index (χ2n) is 6.79. The average Bonchev–Trinajstić information content (AvgIpc) is 2.63. The molecule has 2 aliphatic rings. The second-order valence-corrected chi connectivity index (χ2v) is 6.79. The van der Waals surface area contributed by atoms with Gasteiger partial charge in [0.2, 0.25) is 0 Å². The fraction of sp³-hybridized carbons (Fsp3) is 1.00. The smallest absolute Gasteiger partial charge is 0.0597 e. The first kappa shape index (κ1) is 13.4. The summed E-state index contributed by atoms with van der Waals surface area (Å²) in [6.07, 6.45) is 9.44. The Balaban J connectivity index is 1.81. The lowest BCUT2D eigenvalue weighted by Crippen LogP contribution is -2.46. The zero-order chi connectivity index (χ0) is 12.5. The van der Waals surface area contributed by atoms with E-state index in [9.17, 15) is 0 Å². The molecule has 2 rings (SSSR count). The molecule has 0 bridgehead atoms. The van der Waals surface area contributed by atoms with E-state index < -0.39 is 0 Å². The lowest BCUT2D eigenvalue weighted by atomic mass is 9.71. The average molecular weight is 239 g/mol. The number of ether oxygens (including phenoxy) is 1. The predicted octanol–water partition coefficient (Wildman–Crippen LogP) is 3.49. The van der Waals surface area contributed by atoms with Crippen molar-refractivity contribution in [2.24, 2.45) is 17.6 Å². The Kier molecular flexibility index (Phi) is 4.14. The van der Waals surface area contributed by atoms with Crippen molar-refractivity contribution in [3.05, 3.63) is 0 Å². The molecule has 17 heavy (non-hydrogen) atoms. The van der Waals surface area contributed by atoms with Crippen molar-refractivity contribution in [2.75, 3.05) is 0 Å². The van der Waals surface area contributed by atoms with Crippen LogP contribution in [-0.2, 0) is 4.74 Å². The zero-order valence-electron chi connectivity index (χ0n) is 11.7. The van der Waals surface area contributed by atoms with E-state index in [0.29, 0.717) is 12.2 Å². The van der Waals surface area contributed by atoms with Crippen LogP contribution in [0.3, 0.4) is 0 Å². The van der Waals surface area contributed by atoms with Crippen molar-refractivity contribution in [2.45, 2.75) is 83.5 Å². The van der Waals surface area contributed by atoms with Gasteiger partial charge < -0.3 is 10.5 Å². The summed E-state index contributed by atoms with van der Waals surface area (Å²) in [5.74, 6) is 1.72. The van der Waals surface area contributed by atoms with Crippen LogP contribution < -0.4 is 5.73 Å². The van der Waals surface area contributed by atoms with Crippen LogP contribution in [0, 0.1) is 11.8 Å². The topological polar surface area (TPSA) is 35.2 Å². The summed E-state index contributed by atoms with van der Waals surface area (Å²) in [5.41, 5.74) is 6.64. The second kappa shape index (κ2) is 5.27. The Morgan fingerprint density at radius 2 is 1.82 bits per heavy atom. The lowest BCUT2D eigenvalue weighted by molar-refractivity contribution is 0.0273. The van der Waals surface area contributed by atoms with Crippen molar-refractivity contribution in [1.82, 2.24) is 0 Å². The van der Waals surface area contributed by atoms with Crippen LogP contribution in [0.15, 0.2) is 0 Å². The van der Waals surface area contributed by atoms with Gasteiger partial charge in [0.15, 0.2) is 0 Å². The van der Waals surface area contributed by atoms with Gasteiger partial charge in [-0.15, -0.1) is 0 Å². The highest BCUT2D eigenvalue weighted by Gasteiger charge is 2.36. The summed E-state index contributed by atoms with van der Waals surface area (Å²) < 4.78 is 5.92. The third-order valence-corrected chi connectivity index (χ3v) is 4.92. The van der Waals surface area contributed by atoms with Crippen LogP contribution >= 0.6 is 0 Å². The van der Waals surface area contributed by atoms with Crippen LogP contribution in [0.5, 0.6) is 0 Å². The van der Waals surface area contributed by atoms with Gasteiger partial charge >= 0.3 is 0 Å². The highest BCUT2D eigenvalue weighted by Crippen LogP contribution is 2.38. The molecule has 2 fully saturated rings. The number of hydrogen-bond acceptors (Lipinski definition) is 2. The third-order valence-electron chi connectivity index (χ3n) is 4.92. The Hall–Kier alpha value is -0.0800. The molecule has 0 radical (unpaired) electrons. The van der Waals surface area contributed by atoms with Gasteiger partial charge in [0.1, 0.15) is 0 Å². The molecule has 2 heteroatoms. The van der Waals surface area contributed by atoms with Crippen LogP contribution in [-0.4, -0.2) is 17.7 Å². The van der Waals surface area contributed by atoms with E-state index in [1.807, 2.05) is 0 Å². The lowest BCUT2D eigenvalue weighted by Gasteiger charge is -2.40. The first-order chi connectivity index (χ1) is 7.98. The molecule has 0 aromatic rings. The Bertz CT molecular complexity index is 243. The summed E-state index contributed by atoms with van der Waals surface area (Å²) in [4.78, 5) is 0. The maximum absolute atomic E-state index is 6.57. The summed E-state index contributed by atoms with van der Waals surface area (Å²) in [5, 5.41) is 0. The van der Waals surface area contributed by atoms with Crippen LogP contribution in [0.4, 0.5) is 0 Å². The summed E-state index contributed by atoms with van der Waals surface area (Å²) >= 11 is 0. The fourth-order valence-electron chi connectivity index (χ4n) is 3.57. The zero-order valence-corrected chi connectivity index (χ0v) is 11.7. The van der Waals surface area contributed by atoms with Gasteiger partial charge in [0, 0.05) is 5.54 Å². The first-order valence-electron chi connectivity index (χ1n) is 7.43. The Labute approximate surface area is 106 Å². The van der Waals surface area contributed by atoms with Gasteiger partial charge in [-0.2, -0.15) is 0 Å². The third kappa shape index (κ3) is 3.45. The molecule has 1 aliphatic heterocycles. The van der Waals surface area contributed by atoms with Crippen LogP contribution in [0.25, 0.3) is 0 Å². The van der Waals surface area contributed by atoms with E-state index in [4.69, 9.17) is 10.5 Å². The molecule has 0 spiro atoms. The highest BCUT2D eigenvalue weighted by molar-refractivity contribution is 4.93. The van der Waals surface area contributed by atoms with Crippen LogP contribution in [0.2, 0.25) is 0 Å². The van der Waals surface area contributed by atoms with E-state index in [2.05, 4.69) is 20.8 Å². The first-order valence-corrected chi connectivity index (χ1v) is 7.43. The standard InChI is InChI=1S/C15H29NO/c1-11(2)13-6-8-15(16,9-7-13)10-14-5-4-12(3)17-14/h11-14H,4-10,16H2,1-3H3. The molecule has 0 aromatic heterocycles. The monoisotopic (exact) mass is 239 g/mol. The fourth-order valence-corrected chi connectivity index (χ4v) is 3.57. The molecule has 2 N–H and O–H groups in total. The molecule has 2 atom stereocenters. The van der Waals surface area contributed by atoms with E-state index in [0.717, 1.165) is 18.3 Å². The summed E-state index contributed by atoms with van der Waals surface area (Å²) in [6.45, 7) is 6.87. The van der Waals surface area contributed by atoms with Gasteiger partial charge in [-0.1, -0.05) is 13.8 Å². The van der Waals surface area contributed by atoms with Crippen molar-refractivity contribution in [3.8, 4) is 0 Å². The Morgan fingerprint density at radius 3 is 2.29 bits per heavy atom. The highest BCUT2D eigenvalue weighted by atomic mass is 16.5. The number of nitrogens with two attached hydrogens (primary N) is 1. The van der Waals surface area contributed by atoms with Crippen molar-refractivity contribution < 1.29 is 4.74 Å². The minimum absolute atomic E-state index is 0.0696. The number of hydrogen-bond donors (Lipinski definition) is 1. The Morgan fingerprint density at radius 1 is 1.18 bits per heavy atom. The molecular formula is C15H29NO. The molecule has 1 aliphatic carbocycles. The van der Waals surface area contributed by atoms with E-state index >= 15 is 0 Å². The minimum Gasteiger partial charge on any atom is -0.375 e. The maximum Gasteiger partial charge on any atom is 0.0597 e. The molecule has 1 saturated carbocycles. The molecule has 0 amide bonds. The largest absolute Gasteiger partial charge is 0.375 e. The van der Waals surface area contributed by atoms with Crippen molar-refractivity contribution in [1.29, 1.82) is 0 Å². The SMILES string of the molecule is CC1CCC(CC2(N)CCC(C(C)C)CC2)O1. The van der Waals surface area contributed by atoms with E-state index in [1.165, 1.54) is 38.5 Å². The van der Waals surface area contributed by atoms with Crippen molar-refractivity contribution in [3.63, 3.8) is 0 Å². The molecular weight excluding hydrogens is 210 g/mol. The quantitative estimate of drug-likeness (QED) is 0.818. The molecule has 1 saturated heterocycles. The van der Waals surface area contributed by atoms with E-state index in [-0.39, 0.29) is 5.54 Å². The minimum atomic E-state index is 0.0696. The summed E-state index contributed by atoms with van der Waals surface area (Å²) in [6, 6.07) is 0. The predicted molar refractivity (Wildman–Crippen MR) is 71.9 cm³/mol. The van der Waals surface area contributed by atoms with Gasteiger partial charge in [-0.3, -0.25) is 0 Å². The number of rotatable bonds is 3. The van der Waals surface area contributed by atoms with Gasteiger partial charge in [-0.25, -0.2) is 0 Å². The molecule has 1 heterocycles. The van der Waals surface area contributed by atoms with Crippen LogP contribution in [0.1, 0.15) is 65.7 Å². The van der Waals surface area contributed by atoms with Crippen molar-refractivity contribution >= 4 is 0 Å². The molecule has 100 valence electrons. The van der Waals surface area contributed by atoms with Gasteiger partial charge in [-0.05, 0) is 63.7 Å². The molecule has 0 aromatic carbocycles. The molecule has 2 nitrogen and oxygen atoms in total. The van der Waals surface area contributed by atoms with E-state index in [1.54, 1.807) is 0 Å². The van der Waals surface area contributed by atoms with Gasteiger partial charge in [0.25, 0.3) is 0 Å². The van der Waals surface area contributed by atoms with Gasteiger partial charge in [0.05, 0.1) is 12.2 Å². The molecule has 2 unspecified atom stereocenters.